The number of nitrogens with zero attached hydrogens (tertiary/aromatic N) is 2. The second kappa shape index (κ2) is 8.20. The molecule has 32 heavy (non-hydrogen) atoms. The number of hydrogen-bond donors (Lipinski definition) is 2. The van der Waals surface area contributed by atoms with Gasteiger partial charge < -0.3 is 15.3 Å². The Labute approximate surface area is 182 Å². The van der Waals surface area contributed by atoms with Crippen LogP contribution in [-0.4, -0.2) is 39.1 Å². The summed E-state index contributed by atoms with van der Waals surface area (Å²) in [6.45, 7) is 5.11. The smallest absolute Gasteiger partial charge is 0.314 e. The highest BCUT2D eigenvalue weighted by Gasteiger charge is 2.49. The zero-order valence-electron chi connectivity index (χ0n) is 17.4. The van der Waals surface area contributed by atoms with E-state index in [0.717, 1.165) is 24.3 Å². The molecule has 2 aliphatic rings. The van der Waals surface area contributed by atoms with Gasteiger partial charge in [-0.05, 0) is 56.9 Å². The van der Waals surface area contributed by atoms with Gasteiger partial charge in [0.1, 0.15) is 5.82 Å². The van der Waals surface area contributed by atoms with Crippen molar-refractivity contribution in [1.29, 1.82) is 0 Å². The SMILES string of the molecule is C=C(N1[C@@H]2CC[C@H]1CC(O)C2)C(F)(F)c1cc(C(=O)Nc2cc(C)nc(F)c2)ccc1F. The molecule has 0 aliphatic carbocycles. The van der Waals surface area contributed by atoms with Crippen LogP contribution in [0, 0.1) is 18.7 Å². The number of carbonyl (C=O) groups is 1. The molecular weight excluding hydrogens is 426 g/mol. The average Bonchev–Trinajstić information content (AvgIpc) is 2.97. The van der Waals surface area contributed by atoms with E-state index in [4.69, 9.17) is 0 Å². The van der Waals surface area contributed by atoms with E-state index in [1.807, 2.05) is 0 Å². The molecule has 2 aromatic rings. The maximum absolute atomic E-state index is 15.4. The lowest BCUT2D eigenvalue weighted by molar-refractivity contribution is -0.0280. The summed E-state index contributed by atoms with van der Waals surface area (Å²) in [5, 5.41) is 12.3. The van der Waals surface area contributed by atoms with Gasteiger partial charge in [0.2, 0.25) is 5.95 Å². The number of rotatable bonds is 5. The van der Waals surface area contributed by atoms with Gasteiger partial charge in [-0.25, -0.2) is 9.37 Å². The highest BCUT2D eigenvalue weighted by atomic mass is 19.3. The van der Waals surface area contributed by atoms with Crippen LogP contribution >= 0.6 is 0 Å². The van der Waals surface area contributed by atoms with E-state index >= 15 is 8.78 Å². The molecule has 2 saturated heterocycles. The van der Waals surface area contributed by atoms with Crippen LogP contribution in [0.25, 0.3) is 0 Å². The number of piperidine rings is 1. The first-order chi connectivity index (χ1) is 15.1. The predicted octanol–water partition coefficient (Wildman–Crippen LogP) is 4.51. The van der Waals surface area contributed by atoms with Crippen molar-refractivity contribution in [3.63, 3.8) is 0 Å². The number of alkyl halides is 2. The molecular formula is C23H23F4N3O2. The number of carbonyl (C=O) groups excluding carboxylic acids is 1. The third-order valence-electron chi connectivity index (χ3n) is 6.13. The number of allylic oxidation sites excluding steroid dienone is 1. The van der Waals surface area contributed by atoms with Crippen molar-refractivity contribution in [1.82, 2.24) is 9.88 Å². The van der Waals surface area contributed by atoms with Gasteiger partial charge in [-0.3, -0.25) is 4.79 Å². The fraction of sp³-hybridized carbons (Fsp3) is 0.391. The van der Waals surface area contributed by atoms with Crippen LogP contribution < -0.4 is 5.32 Å². The van der Waals surface area contributed by atoms with Gasteiger partial charge in [-0.1, -0.05) is 6.58 Å². The molecule has 1 unspecified atom stereocenters. The summed E-state index contributed by atoms with van der Waals surface area (Å²) >= 11 is 0. The van der Waals surface area contributed by atoms with Crippen molar-refractivity contribution in [2.24, 2.45) is 0 Å². The highest BCUT2D eigenvalue weighted by molar-refractivity contribution is 6.04. The molecule has 9 heteroatoms. The molecule has 1 amide bonds. The second-order valence-electron chi connectivity index (χ2n) is 8.41. The van der Waals surface area contributed by atoms with Crippen molar-refractivity contribution in [2.45, 2.75) is 56.7 Å². The normalized spacial score (nSPS) is 22.7. The Kier molecular flexibility index (Phi) is 5.70. The molecule has 5 nitrogen and oxygen atoms in total. The molecule has 2 fully saturated rings. The number of fused-ring (bicyclic) bond motifs is 2. The van der Waals surface area contributed by atoms with Crippen LogP contribution in [0.2, 0.25) is 0 Å². The van der Waals surface area contributed by atoms with E-state index < -0.39 is 41.0 Å². The molecule has 170 valence electrons. The number of amides is 1. The van der Waals surface area contributed by atoms with Crippen LogP contribution in [0.15, 0.2) is 42.6 Å². The Morgan fingerprint density at radius 3 is 2.47 bits per heavy atom. The maximum Gasteiger partial charge on any atom is 0.314 e. The number of benzene rings is 1. The zero-order valence-corrected chi connectivity index (χ0v) is 17.4. The van der Waals surface area contributed by atoms with Crippen molar-refractivity contribution < 1.29 is 27.5 Å². The maximum atomic E-state index is 15.4. The lowest BCUT2D eigenvalue weighted by Gasteiger charge is -2.42. The first-order valence-electron chi connectivity index (χ1n) is 10.4. The first kappa shape index (κ1) is 22.3. The second-order valence-corrected chi connectivity index (χ2v) is 8.41. The van der Waals surface area contributed by atoms with Crippen LogP contribution in [0.4, 0.5) is 23.2 Å². The fourth-order valence-electron chi connectivity index (χ4n) is 4.72. The summed E-state index contributed by atoms with van der Waals surface area (Å²) in [4.78, 5) is 17.6. The number of anilines is 1. The summed E-state index contributed by atoms with van der Waals surface area (Å²) in [5.74, 6) is -6.52. The van der Waals surface area contributed by atoms with Crippen LogP contribution in [-0.2, 0) is 5.92 Å². The molecule has 0 spiro atoms. The Hall–Kier alpha value is -2.94. The van der Waals surface area contributed by atoms with Gasteiger partial charge in [0.25, 0.3) is 5.91 Å². The monoisotopic (exact) mass is 449 g/mol. The molecule has 3 atom stereocenters. The van der Waals surface area contributed by atoms with E-state index in [0.29, 0.717) is 31.4 Å². The van der Waals surface area contributed by atoms with E-state index in [-0.39, 0.29) is 23.3 Å². The minimum absolute atomic E-state index is 0.102. The van der Waals surface area contributed by atoms with Gasteiger partial charge in [0.05, 0.1) is 17.4 Å². The lowest BCUT2D eigenvalue weighted by Crippen LogP contribution is -2.47. The number of aryl methyl sites for hydroxylation is 1. The number of halogens is 4. The minimum atomic E-state index is -3.76. The van der Waals surface area contributed by atoms with Crippen molar-refractivity contribution in [2.75, 3.05) is 5.32 Å². The molecule has 4 rings (SSSR count). The first-order valence-corrected chi connectivity index (χ1v) is 10.4. The fourth-order valence-corrected chi connectivity index (χ4v) is 4.72. The Bertz CT molecular complexity index is 1040. The van der Waals surface area contributed by atoms with E-state index in [1.54, 1.807) is 0 Å². The Morgan fingerprint density at radius 2 is 1.84 bits per heavy atom. The van der Waals surface area contributed by atoms with E-state index in [1.165, 1.54) is 17.9 Å². The number of hydrogen-bond acceptors (Lipinski definition) is 4. The number of aliphatic hydroxyl groups excluding tert-OH is 1. The average molecular weight is 449 g/mol. The Balaban J connectivity index is 1.60. The highest BCUT2D eigenvalue weighted by Crippen LogP contribution is 2.46. The van der Waals surface area contributed by atoms with Gasteiger partial charge in [-0.15, -0.1) is 0 Å². The van der Waals surface area contributed by atoms with Gasteiger partial charge >= 0.3 is 5.92 Å². The summed E-state index contributed by atoms with van der Waals surface area (Å²) in [5.41, 5.74) is -1.28. The number of aliphatic hydroxyl groups is 1. The van der Waals surface area contributed by atoms with Crippen LogP contribution in [0.1, 0.15) is 47.3 Å². The summed E-state index contributed by atoms with van der Waals surface area (Å²) in [6, 6.07) is 4.54. The van der Waals surface area contributed by atoms with Gasteiger partial charge in [0, 0.05) is 35.1 Å². The third-order valence-corrected chi connectivity index (χ3v) is 6.13. The lowest BCUT2D eigenvalue weighted by atomic mass is 9.95. The molecule has 2 N–H and O–H groups in total. The molecule has 0 saturated carbocycles. The zero-order chi connectivity index (χ0) is 23.2. The van der Waals surface area contributed by atoms with E-state index in [2.05, 4.69) is 16.9 Å². The molecule has 1 aromatic carbocycles. The summed E-state index contributed by atoms with van der Waals surface area (Å²) in [7, 11) is 0. The Morgan fingerprint density at radius 1 is 1.19 bits per heavy atom. The minimum Gasteiger partial charge on any atom is -0.393 e. The molecule has 0 radical (unpaired) electrons. The molecule has 2 bridgehead atoms. The molecule has 2 aliphatic heterocycles. The van der Waals surface area contributed by atoms with Crippen molar-refractivity contribution in [3.8, 4) is 0 Å². The topological polar surface area (TPSA) is 65.5 Å². The van der Waals surface area contributed by atoms with Gasteiger partial charge in [0.15, 0.2) is 0 Å². The standard InChI is InChI=1S/C23H23F4N3O2/c1-12-7-15(9-21(25)28-12)29-22(32)14-3-6-20(24)19(8-14)23(26,27)13(2)30-16-4-5-17(30)11-18(31)10-16/h3,6-9,16-18,31H,2,4-5,10-11H2,1H3,(H,28,29,32)/t16-,17+,18?. The summed E-state index contributed by atoms with van der Waals surface area (Å²) in [6.07, 6.45) is 1.49. The third kappa shape index (κ3) is 4.09. The number of pyridine rings is 1. The molecule has 3 heterocycles. The summed E-state index contributed by atoms with van der Waals surface area (Å²) < 4.78 is 58.8. The van der Waals surface area contributed by atoms with Gasteiger partial charge in [-0.2, -0.15) is 13.2 Å². The predicted molar refractivity (Wildman–Crippen MR) is 110 cm³/mol. The van der Waals surface area contributed by atoms with Crippen molar-refractivity contribution >= 4 is 11.6 Å². The van der Waals surface area contributed by atoms with Crippen LogP contribution in [0.3, 0.4) is 0 Å². The van der Waals surface area contributed by atoms with E-state index in [9.17, 15) is 18.7 Å². The number of nitrogens with one attached hydrogen (secondary N) is 1. The number of aromatic nitrogens is 1. The van der Waals surface area contributed by atoms with Crippen LogP contribution in [0.5, 0.6) is 0 Å². The van der Waals surface area contributed by atoms with Crippen molar-refractivity contribution in [3.05, 3.63) is 71.2 Å². The largest absolute Gasteiger partial charge is 0.393 e. The quantitative estimate of drug-likeness (QED) is 0.521. The molecule has 1 aromatic heterocycles.